The zero-order valence-corrected chi connectivity index (χ0v) is 16.2. The lowest BCUT2D eigenvalue weighted by molar-refractivity contribution is -0.123. The summed E-state index contributed by atoms with van der Waals surface area (Å²) in [6.07, 6.45) is 9.01. The molecule has 1 aromatic rings. The molecule has 1 amide bonds. The molecule has 3 heterocycles. The van der Waals surface area contributed by atoms with Gasteiger partial charge >= 0.3 is 0 Å². The molecule has 0 unspecified atom stereocenters. The molecule has 2 aliphatic heterocycles. The molecule has 7 heteroatoms. The zero-order chi connectivity index (χ0) is 18.6. The Morgan fingerprint density at radius 3 is 3.00 bits per heavy atom. The van der Waals surface area contributed by atoms with Crippen molar-refractivity contribution in [2.75, 3.05) is 44.6 Å². The highest BCUT2D eigenvalue weighted by Crippen LogP contribution is 2.41. The van der Waals surface area contributed by atoms with E-state index in [0.717, 1.165) is 51.1 Å². The Morgan fingerprint density at radius 1 is 1.46 bits per heavy atom. The van der Waals surface area contributed by atoms with Gasteiger partial charge < -0.3 is 15.3 Å². The quantitative estimate of drug-likeness (QED) is 0.764. The first-order valence-electron chi connectivity index (χ1n) is 9.92. The number of nitrogens with zero attached hydrogens (tertiary/aromatic N) is 4. The van der Waals surface area contributed by atoms with E-state index in [4.69, 9.17) is 0 Å². The van der Waals surface area contributed by atoms with Crippen LogP contribution in [-0.2, 0) is 11.8 Å². The van der Waals surface area contributed by atoms with Crippen LogP contribution >= 0.6 is 0 Å². The minimum atomic E-state index is -0.0845. The molecule has 0 saturated carbocycles. The number of carbonyl (C=O) groups excluding carboxylic acids is 1. The van der Waals surface area contributed by atoms with Crippen molar-refractivity contribution in [1.82, 2.24) is 19.6 Å². The predicted molar refractivity (Wildman–Crippen MR) is 102 cm³/mol. The van der Waals surface area contributed by atoms with Crippen molar-refractivity contribution >= 4 is 11.6 Å². The second kappa shape index (κ2) is 8.50. The lowest BCUT2D eigenvalue weighted by Crippen LogP contribution is -2.63. The van der Waals surface area contributed by atoms with Crippen molar-refractivity contribution < 1.29 is 9.90 Å². The number of aromatic nitrogens is 2. The van der Waals surface area contributed by atoms with Crippen LogP contribution in [0.5, 0.6) is 0 Å². The van der Waals surface area contributed by atoms with E-state index < -0.39 is 0 Å². The predicted octanol–water partition coefficient (Wildman–Crippen LogP) is 1.31. The Hall–Kier alpha value is -1.44. The number of unbranched alkanes of at least 4 members (excludes halogenated alkanes) is 1. The van der Waals surface area contributed by atoms with Crippen molar-refractivity contribution in [2.45, 2.75) is 45.1 Å². The van der Waals surface area contributed by atoms with Gasteiger partial charge in [0.25, 0.3) is 0 Å². The van der Waals surface area contributed by atoms with E-state index >= 15 is 0 Å². The molecule has 146 valence electrons. The Morgan fingerprint density at radius 2 is 2.31 bits per heavy atom. The summed E-state index contributed by atoms with van der Waals surface area (Å²) in [4.78, 5) is 17.3. The van der Waals surface area contributed by atoms with Crippen molar-refractivity contribution in [1.29, 1.82) is 0 Å². The molecule has 0 spiro atoms. The van der Waals surface area contributed by atoms with E-state index in [1.165, 1.54) is 12.8 Å². The molecule has 2 saturated heterocycles. The highest BCUT2D eigenvalue weighted by Gasteiger charge is 2.47. The fourth-order valence-electron chi connectivity index (χ4n) is 4.71. The monoisotopic (exact) mass is 363 g/mol. The molecule has 2 atom stereocenters. The van der Waals surface area contributed by atoms with Crippen molar-refractivity contribution in [3.8, 4) is 0 Å². The normalized spacial score (nSPS) is 27.3. The summed E-state index contributed by atoms with van der Waals surface area (Å²) in [6, 6.07) is 0.291. The van der Waals surface area contributed by atoms with Crippen LogP contribution in [0.15, 0.2) is 12.4 Å². The van der Waals surface area contributed by atoms with Crippen molar-refractivity contribution in [3.63, 3.8) is 0 Å². The van der Waals surface area contributed by atoms with Crippen LogP contribution in [0.25, 0.3) is 0 Å². The number of piperidine rings is 2. The van der Waals surface area contributed by atoms with E-state index in [1.807, 2.05) is 7.05 Å². The number of anilines is 1. The zero-order valence-electron chi connectivity index (χ0n) is 16.2. The van der Waals surface area contributed by atoms with Gasteiger partial charge in [-0.1, -0.05) is 13.3 Å². The minimum Gasteiger partial charge on any atom is -0.396 e. The number of hydrogen-bond acceptors (Lipinski definition) is 5. The largest absolute Gasteiger partial charge is 0.396 e. The molecular formula is C19H33N5O2. The maximum Gasteiger partial charge on any atom is 0.238 e. The number of fused-ring (bicyclic) bond motifs is 1. The van der Waals surface area contributed by atoms with Gasteiger partial charge in [-0.25, -0.2) is 0 Å². The van der Waals surface area contributed by atoms with Crippen LogP contribution in [0.3, 0.4) is 0 Å². The third kappa shape index (κ3) is 4.27. The average Bonchev–Trinajstić information content (AvgIpc) is 3.04. The molecule has 7 nitrogen and oxygen atoms in total. The van der Waals surface area contributed by atoms with E-state index in [-0.39, 0.29) is 17.9 Å². The molecule has 0 bridgehead atoms. The smallest absolute Gasteiger partial charge is 0.238 e. The van der Waals surface area contributed by atoms with Crippen LogP contribution in [0.4, 0.5) is 5.69 Å². The van der Waals surface area contributed by atoms with Gasteiger partial charge in [-0.05, 0) is 45.3 Å². The molecule has 26 heavy (non-hydrogen) atoms. The van der Waals surface area contributed by atoms with E-state index in [9.17, 15) is 9.90 Å². The Balaban J connectivity index is 1.62. The van der Waals surface area contributed by atoms with Gasteiger partial charge in [0.1, 0.15) is 0 Å². The topological polar surface area (TPSA) is 73.6 Å². The number of amides is 1. The number of nitrogens with one attached hydrogen (secondary N) is 1. The maximum atomic E-state index is 12.5. The van der Waals surface area contributed by atoms with Crippen molar-refractivity contribution in [3.05, 3.63) is 12.4 Å². The fourth-order valence-corrected chi connectivity index (χ4v) is 4.71. The molecule has 3 rings (SSSR count). The number of carbonyl (C=O) groups is 1. The third-order valence-corrected chi connectivity index (χ3v) is 6.00. The van der Waals surface area contributed by atoms with E-state index in [0.29, 0.717) is 12.6 Å². The van der Waals surface area contributed by atoms with E-state index in [2.05, 4.69) is 27.1 Å². The summed E-state index contributed by atoms with van der Waals surface area (Å²) in [7, 11) is 1.84. The highest BCUT2D eigenvalue weighted by atomic mass is 16.3. The van der Waals surface area contributed by atoms with Gasteiger partial charge in [-0.3, -0.25) is 14.4 Å². The van der Waals surface area contributed by atoms with Crippen LogP contribution in [0.1, 0.15) is 39.0 Å². The fraction of sp³-hybridized carbons (Fsp3) is 0.789. The number of aliphatic hydroxyl groups excluding tert-OH is 1. The van der Waals surface area contributed by atoms with Gasteiger partial charge in [0.15, 0.2) is 0 Å². The van der Waals surface area contributed by atoms with Crippen LogP contribution < -0.4 is 5.32 Å². The minimum absolute atomic E-state index is 0.000141. The third-order valence-electron chi connectivity index (χ3n) is 6.00. The second-order valence-corrected chi connectivity index (χ2v) is 7.98. The molecule has 1 aromatic heterocycles. The van der Waals surface area contributed by atoms with Gasteiger partial charge in [-0.15, -0.1) is 0 Å². The van der Waals surface area contributed by atoms with Crippen molar-refractivity contribution in [2.24, 2.45) is 12.5 Å². The van der Waals surface area contributed by atoms with Crippen LogP contribution in [0.2, 0.25) is 0 Å². The SMILES string of the molecule is CCCCN1CC[C@@H]2N(CC(=O)Nc3cnn(C)c3)CCC[C@@]2(CO)C1. The van der Waals surface area contributed by atoms with Crippen LogP contribution in [0, 0.1) is 5.41 Å². The number of rotatable bonds is 7. The number of aliphatic hydroxyl groups is 1. The number of likely N-dealkylation sites (tertiary alicyclic amines) is 2. The van der Waals surface area contributed by atoms with Gasteiger partial charge in [0.05, 0.1) is 25.0 Å². The Labute approximate surface area is 156 Å². The van der Waals surface area contributed by atoms with Gasteiger partial charge in [0.2, 0.25) is 5.91 Å². The lowest BCUT2D eigenvalue weighted by Gasteiger charge is -2.54. The molecular weight excluding hydrogens is 330 g/mol. The lowest BCUT2D eigenvalue weighted by atomic mass is 9.69. The van der Waals surface area contributed by atoms with Gasteiger partial charge in [-0.2, -0.15) is 5.10 Å². The molecule has 2 fully saturated rings. The first kappa shape index (κ1) is 19.3. The Kier molecular flexibility index (Phi) is 6.32. The first-order valence-corrected chi connectivity index (χ1v) is 9.92. The van der Waals surface area contributed by atoms with Crippen LogP contribution in [-0.4, -0.2) is 76.0 Å². The number of hydrogen-bond donors (Lipinski definition) is 2. The molecule has 0 aliphatic carbocycles. The molecule has 0 radical (unpaired) electrons. The summed E-state index contributed by atoms with van der Waals surface area (Å²) in [6.45, 7) is 6.88. The summed E-state index contributed by atoms with van der Waals surface area (Å²) in [5, 5.41) is 17.3. The summed E-state index contributed by atoms with van der Waals surface area (Å²) in [5.41, 5.74) is 0.649. The molecule has 2 aliphatic rings. The maximum absolute atomic E-state index is 12.5. The standard InChI is InChI=1S/C19H33N5O2/c1-3-4-8-23-10-6-17-19(14-23,15-25)7-5-9-24(17)13-18(26)21-16-11-20-22(2)12-16/h11-12,17,25H,3-10,13-15H2,1-2H3,(H,21,26)/t17-,19-/m0/s1. The highest BCUT2D eigenvalue weighted by molar-refractivity contribution is 5.92. The average molecular weight is 364 g/mol. The Bertz CT molecular complexity index is 605. The molecule has 2 N–H and O–H groups in total. The molecule has 0 aromatic carbocycles. The first-order chi connectivity index (χ1) is 12.6. The summed E-state index contributed by atoms with van der Waals surface area (Å²) >= 11 is 0. The summed E-state index contributed by atoms with van der Waals surface area (Å²) in [5.74, 6) is 0.000141. The second-order valence-electron chi connectivity index (χ2n) is 7.98. The van der Waals surface area contributed by atoms with Gasteiger partial charge in [0, 0.05) is 31.2 Å². The van der Waals surface area contributed by atoms with E-state index in [1.54, 1.807) is 17.1 Å². The summed E-state index contributed by atoms with van der Waals surface area (Å²) < 4.78 is 1.68. The number of aryl methyl sites for hydroxylation is 1.